The number of nitrogens with two attached hydrogens (primary N) is 2. The van der Waals surface area contributed by atoms with Crippen molar-refractivity contribution in [3.63, 3.8) is 0 Å². The predicted octanol–water partition coefficient (Wildman–Crippen LogP) is 4.20. The molecule has 0 spiro atoms. The van der Waals surface area contributed by atoms with Gasteiger partial charge < -0.3 is 21.3 Å². The lowest BCUT2D eigenvalue weighted by atomic mass is 9.97. The van der Waals surface area contributed by atoms with Gasteiger partial charge in [0.1, 0.15) is 5.84 Å². The highest BCUT2D eigenvalue weighted by molar-refractivity contribution is 5.81. The summed E-state index contributed by atoms with van der Waals surface area (Å²) in [6.45, 7) is 0. The molecule has 1 aliphatic rings. The topological polar surface area (TPSA) is 133 Å². The summed E-state index contributed by atoms with van der Waals surface area (Å²) in [6.07, 6.45) is 3.07. The maximum atomic E-state index is 13.2. The summed E-state index contributed by atoms with van der Waals surface area (Å²) < 4.78 is 45.1. The molecule has 196 valence electrons. The van der Waals surface area contributed by atoms with E-state index in [4.69, 9.17) is 11.7 Å². The van der Waals surface area contributed by atoms with Gasteiger partial charge in [0.2, 0.25) is 0 Å². The van der Waals surface area contributed by atoms with E-state index in [1.165, 1.54) is 29.1 Å². The molecule has 0 bridgehead atoms. The minimum atomic E-state index is -4.88. The normalized spacial score (nSPS) is 14.5. The van der Waals surface area contributed by atoms with Crippen molar-refractivity contribution >= 4 is 17.3 Å². The summed E-state index contributed by atoms with van der Waals surface area (Å²) in [5, 5.41) is 6.28. The van der Waals surface area contributed by atoms with E-state index >= 15 is 0 Å². The van der Waals surface area contributed by atoms with Crippen LogP contribution in [-0.4, -0.2) is 21.7 Å². The van der Waals surface area contributed by atoms with Crippen LogP contribution in [0.4, 0.5) is 24.7 Å². The van der Waals surface area contributed by atoms with Gasteiger partial charge >= 0.3 is 6.36 Å². The Labute approximate surface area is 211 Å². The summed E-state index contributed by atoms with van der Waals surface area (Å²) in [7, 11) is 0. The average Bonchev–Trinajstić information content (AvgIpc) is 3.42. The second kappa shape index (κ2) is 11.3. The van der Waals surface area contributed by atoms with Crippen LogP contribution in [0.1, 0.15) is 49.1 Å². The number of benzene rings is 2. The first kappa shape index (κ1) is 26.0. The van der Waals surface area contributed by atoms with Gasteiger partial charge in [-0.05, 0) is 60.6 Å². The highest BCUT2D eigenvalue weighted by Crippen LogP contribution is 2.39. The Morgan fingerprint density at radius 1 is 1.16 bits per heavy atom. The van der Waals surface area contributed by atoms with Crippen molar-refractivity contribution in [1.82, 2.24) is 15.0 Å². The van der Waals surface area contributed by atoms with Crippen LogP contribution in [0, 0.1) is 0 Å². The van der Waals surface area contributed by atoms with Crippen LogP contribution in [0.3, 0.4) is 0 Å². The van der Waals surface area contributed by atoms with Gasteiger partial charge in [0, 0.05) is 24.5 Å². The molecule has 0 amide bonds. The number of halogens is 3. The first-order chi connectivity index (χ1) is 17.8. The minimum Gasteiger partial charge on any atom is -0.404 e. The Morgan fingerprint density at radius 2 is 1.89 bits per heavy atom. The highest BCUT2D eigenvalue weighted by Gasteiger charge is 2.33. The number of amidine groups is 1. The molecule has 2 aromatic carbocycles. The van der Waals surface area contributed by atoms with Gasteiger partial charge in [-0.2, -0.15) is 5.10 Å². The smallest absolute Gasteiger partial charge is 0.404 e. The van der Waals surface area contributed by atoms with Crippen LogP contribution in [0.5, 0.6) is 5.75 Å². The number of anilines is 2. The third-order valence-corrected chi connectivity index (χ3v) is 6.34. The fourth-order valence-electron chi connectivity index (χ4n) is 4.45. The van der Waals surface area contributed by atoms with Crippen molar-refractivity contribution in [2.24, 2.45) is 16.8 Å². The fourth-order valence-corrected chi connectivity index (χ4v) is 4.45. The van der Waals surface area contributed by atoms with Crippen molar-refractivity contribution in [3.8, 4) is 11.4 Å². The van der Waals surface area contributed by atoms with Gasteiger partial charge in [-0.1, -0.05) is 31.0 Å². The number of hydrazone groups is 1. The second-order valence-electron chi connectivity index (χ2n) is 8.75. The molecule has 1 heterocycles. The number of hydrogen-bond acceptors (Lipinski definition) is 7. The number of hydrazine groups is 1. The Kier molecular flexibility index (Phi) is 7.97. The predicted molar refractivity (Wildman–Crippen MR) is 135 cm³/mol. The molecular weight excluding hydrogens is 487 g/mol. The van der Waals surface area contributed by atoms with E-state index in [9.17, 15) is 18.0 Å². The van der Waals surface area contributed by atoms with E-state index in [1.54, 1.807) is 18.2 Å². The molecule has 1 fully saturated rings. The van der Waals surface area contributed by atoms with Gasteiger partial charge in [-0.3, -0.25) is 9.36 Å². The van der Waals surface area contributed by atoms with Crippen molar-refractivity contribution in [3.05, 3.63) is 76.3 Å². The summed E-state index contributed by atoms with van der Waals surface area (Å²) in [4.78, 5) is 17.2. The zero-order chi connectivity index (χ0) is 26.4. The van der Waals surface area contributed by atoms with Gasteiger partial charge in [0.25, 0.3) is 5.56 Å². The molecule has 1 saturated carbocycles. The number of rotatable bonds is 8. The minimum absolute atomic E-state index is 0.00246. The average molecular weight is 516 g/mol. The van der Waals surface area contributed by atoms with Crippen molar-refractivity contribution in [2.45, 2.75) is 50.8 Å². The SMILES string of the molecule is N/N=C(/CCc1ccc(-n2ccnc(Nc3ccc(C4CCCC4)cc3OC(F)(F)F)c2=O)cc1)NN. The maximum absolute atomic E-state index is 13.2. The van der Waals surface area contributed by atoms with E-state index < -0.39 is 17.7 Å². The number of aryl methyl sites for hydroxylation is 1. The molecule has 0 radical (unpaired) electrons. The van der Waals surface area contributed by atoms with E-state index in [0.717, 1.165) is 36.8 Å². The highest BCUT2D eigenvalue weighted by atomic mass is 19.4. The molecule has 37 heavy (non-hydrogen) atoms. The van der Waals surface area contributed by atoms with Gasteiger partial charge in [-0.15, -0.1) is 13.2 Å². The number of hydrogen-bond donors (Lipinski definition) is 4. The lowest BCUT2D eigenvalue weighted by molar-refractivity contribution is -0.274. The second-order valence-corrected chi connectivity index (χ2v) is 8.75. The van der Waals surface area contributed by atoms with Gasteiger partial charge in [0.05, 0.1) is 5.69 Å². The van der Waals surface area contributed by atoms with E-state index in [0.29, 0.717) is 24.4 Å². The Balaban J connectivity index is 1.58. The monoisotopic (exact) mass is 515 g/mol. The Hall–Kier alpha value is -4.06. The van der Waals surface area contributed by atoms with Crippen molar-refractivity contribution in [2.75, 3.05) is 5.32 Å². The molecular formula is C25H28F3N7O2. The number of aromatic nitrogens is 2. The third kappa shape index (κ3) is 6.58. The zero-order valence-electron chi connectivity index (χ0n) is 20.0. The summed E-state index contributed by atoms with van der Waals surface area (Å²) in [5.41, 5.74) is 4.21. The van der Waals surface area contributed by atoms with Crippen LogP contribution in [-0.2, 0) is 6.42 Å². The number of ether oxygens (including phenoxy) is 1. The van der Waals surface area contributed by atoms with Crippen LogP contribution in [0.2, 0.25) is 0 Å². The molecule has 4 rings (SSSR count). The molecule has 0 atom stereocenters. The third-order valence-electron chi connectivity index (χ3n) is 6.34. The van der Waals surface area contributed by atoms with Crippen LogP contribution in [0.25, 0.3) is 5.69 Å². The summed E-state index contributed by atoms with van der Waals surface area (Å²) in [6, 6.07) is 11.9. The van der Waals surface area contributed by atoms with Crippen LogP contribution in [0.15, 0.2) is 64.8 Å². The quantitative estimate of drug-likeness (QED) is 0.153. The van der Waals surface area contributed by atoms with Crippen LogP contribution < -0.4 is 32.7 Å². The summed E-state index contributed by atoms with van der Waals surface area (Å²) >= 11 is 0. The first-order valence-electron chi connectivity index (χ1n) is 11.8. The van der Waals surface area contributed by atoms with Crippen LogP contribution >= 0.6 is 0 Å². The zero-order valence-corrected chi connectivity index (χ0v) is 20.0. The largest absolute Gasteiger partial charge is 0.573 e. The molecule has 9 nitrogen and oxygen atoms in total. The molecule has 1 aromatic heterocycles. The van der Waals surface area contributed by atoms with Gasteiger partial charge in [-0.25, -0.2) is 10.8 Å². The lowest BCUT2D eigenvalue weighted by Gasteiger charge is -2.18. The molecule has 0 unspecified atom stereocenters. The molecule has 0 aliphatic heterocycles. The summed E-state index contributed by atoms with van der Waals surface area (Å²) in [5.74, 6) is 10.7. The van der Waals surface area contributed by atoms with Crippen molar-refractivity contribution in [1.29, 1.82) is 0 Å². The number of alkyl halides is 3. The first-order valence-corrected chi connectivity index (χ1v) is 11.8. The standard InChI is InChI=1S/C25H28F3N7O2/c26-25(27,28)37-21-15-18(17-3-1-2-4-17)8-11-20(21)32-23-24(36)35(14-13-31-23)19-9-5-16(6-10-19)7-12-22(33-29)34-30/h5-6,8-11,13-15,17H,1-4,7,12,29-30H2,(H,31,32)(H,33,34). The molecule has 12 heteroatoms. The Bertz CT molecular complexity index is 1300. The number of nitrogens with zero attached hydrogens (tertiary/aromatic N) is 3. The van der Waals surface area contributed by atoms with Gasteiger partial charge in [0.15, 0.2) is 11.6 Å². The van der Waals surface area contributed by atoms with E-state index in [2.05, 4.69) is 25.6 Å². The molecule has 1 aliphatic carbocycles. The molecule has 6 N–H and O–H groups in total. The van der Waals surface area contributed by atoms with E-state index in [-0.39, 0.29) is 17.4 Å². The lowest BCUT2D eigenvalue weighted by Crippen LogP contribution is -2.31. The molecule has 0 saturated heterocycles. The molecule has 3 aromatic rings. The maximum Gasteiger partial charge on any atom is 0.573 e. The fraction of sp³-hybridized carbons (Fsp3) is 0.320. The van der Waals surface area contributed by atoms with Crippen molar-refractivity contribution < 1.29 is 17.9 Å². The van der Waals surface area contributed by atoms with E-state index in [1.807, 2.05) is 12.1 Å². The Morgan fingerprint density at radius 3 is 2.54 bits per heavy atom. The number of nitrogens with one attached hydrogen (secondary N) is 2.